The minimum absolute atomic E-state index is 0.0856. The van der Waals surface area contributed by atoms with Crippen LogP contribution in [0.3, 0.4) is 0 Å². The van der Waals surface area contributed by atoms with Crippen molar-refractivity contribution in [3.05, 3.63) is 47.5 Å². The lowest BCUT2D eigenvalue weighted by Crippen LogP contribution is -2.13. The molecule has 0 bridgehead atoms. The van der Waals surface area contributed by atoms with Gasteiger partial charge in [0.2, 0.25) is 0 Å². The van der Waals surface area contributed by atoms with Gasteiger partial charge in [0.25, 0.3) is 0 Å². The normalized spacial score (nSPS) is 12.8. The van der Waals surface area contributed by atoms with Crippen LogP contribution in [0.2, 0.25) is 0 Å². The van der Waals surface area contributed by atoms with Gasteiger partial charge >= 0.3 is 12.4 Å². The first-order valence-corrected chi connectivity index (χ1v) is 5.09. The molecule has 0 saturated heterocycles. The Kier molecular flexibility index (Phi) is 3.23. The molecule has 0 aliphatic heterocycles. The molecule has 0 atom stereocenters. The lowest BCUT2D eigenvalue weighted by molar-refractivity contribution is -0.143. The van der Waals surface area contributed by atoms with E-state index in [9.17, 15) is 30.7 Å². The molecule has 9 heteroatoms. The summed E-state index contributed by atoms with van der Waals surface area (Å²) in [5.41, 5.74) is -3.58. The number of alkyl halides is 6. The molecule has 0 amide bonds. The third kappa shape index (κ3) is 2.75. The predicted octanol–water partition coefficient (Wildman–Crippen LogP) is 4.05. The largest absolute Gasteiger partial charge is 0.435 e. The van der Waals surface area contributed by atoms with Crippen LogP contribution in [0.15, 0.2) is 30.3 Å². The van der Waals surface area contributed by atoms with Crippen LogP contribution < -0.4 is 0 Å². The fraction of sp³-hybridized carbons (Fsp3) is 0.182. The Morgan fingerprint density at radius 3 is 1.85 bits per heavy atom. The van der Waals surface area contributed by atoms with Gasteiger partial charge in [-0.2, -0.15) is 31.4 Å². The monoisotopic (exact) mass is 298 g/mol. The molecule has 2 rings (SSSR count). The van der Waals surface area contributed by atoms with Gasteiger partial charge in [0.15, 0.2) is 5.69 Å². The molecule has 0 fully saturated rings. The maximum atomic E-state index is 12.7. The molecule has 0 N–H and O–H groups in total. The molecule has 20 heavy (non-hydrogen) atoms. The SMILES string of the molecule is Fc1ccc(-n2nc(C(F)(F)F)cc2C(F)(F)F)cc1. The molecule has 108 valence electrons. The van der Waals surface area contributed by atoms with Crippen molar-refractivity contribution in [3.8, 4) is 5.69 Å². The molecule has 0 unspecified atom stereocenters. The number of aromatic nitrogens is 2. The molecule has 0 aliphatic rings. The molecular formula is C11H5F7N2. The fourth-order valence-electron chi connectivity index (χ4n) is 1.50. The van der Waals surface area contributed by atoms with Crippen LogP contribution in [-0.2, 0) is 12.4 Å². The summed E-state index contributed by atoms with van der Waals surface area (Å²) in [6.45, 7) is 0. The van der Waals surface area contributed by atoms with Crippen molar-refractivity contribution in [2.75, 3.05) is 0 Å². The van der Waals surface area contributed by atoms with E-state index in [-0.39, 0.29) is 16.4 Å². The molecule has 1 heterocycles. The standard InChI is InChI=1S/C11H5F7N2/c12-6-1-3-7(4-2-6)20-9(11(16,17)18)5-8(19-20)10(13,14)15/h1-5H. The molecular weight excluding hydrogens is 293 g/mol. The molecule has 1 aromatic heterocycles. The lowest BCUT2D eigenvalue weighted by atomic mass is 10.3. The highest BCUT2D eigenvalue weighted by molar-refractivity contribution is 5.35. The second-order valence-electron chi connectivity index (χ2n) is 3.80. The number of benzene rings is 1. The molecule has 1 aromatic carbocycles. The summed E-state index contributed by atoms with van der Waals surface area (Å²) in [7, 11) is 0. The summed E-state index contributed by atoms with van der Waals surface area (Å²) >= 11 is 0. The van der Waals surface area contributed by atoms with Gasteiger partial charge in [-0.1, -0.05) is 0 Å². The maximum Gasteiger partial charge on any atom is 0.435 e. The van der Waals surface area contributed by atoms with E-state index in [0.29, 0.717) is 0 Å². The van der Waals surface area contributed by atoms with E-state index in [1.165, 1.54) is 0 Å². The Hall–Kier alpha value is -2.06. The van der Waals surface area contributed by atoms with Gasteiger partial charge < -0.3 is 0 Å². The number of nitrogens with zero attached hydrogens (tertiary/aromatic N) is 2. The average molecular weight is 298 g/mol. The van der Waals surface area contributed by atoms with E-state index in [1.807, 2.05) is 0 Å². The highest BCUT2D eigenvalue weighted by Crippen LogP contribution is 2.36. The van der Waals surface area contributed by atoms with Crippen molar-refractivity contribution in [2.45, 2.75) is 12.4 Å². The quantitative estimate of drug-likeness (QED) is 0.726. The molecule has 2 aromatic rings. The second-order valence-corrected chi connectivity index (χ2v) is 3.80. The summed E-state index contributed by atoms with van der Waals surface area (Å²) in [5, 5.41) is 2.90. The van der Waals surface area contributed by atoms with Crippen LogP contribution in [0.1, 0.15) is 11.4 Å². The number of hydrogen-bond donors (Lipinski definition) is 0. The molecule has 0 saturated carbocycles. The zero-order chi connectivity index (χ0) is 15.1. The first-order chi connectivity index (χ1) is 9.09. The highest BCUT2D eigenvalue weighted by Gasteiger charge is 2.42. The number of halogens is 7. The minimum Gasteiger partial charge on any atom is -0.228 e. The van der Waals surface area contributed by atoms with Gasteiger partial charge in [-0.15, -0.1) is 0 Å². The summed E-state index contributed by atoms with van der Waals surface area (Å²) in [4.78, 5) is 0. The van der Waals surface area contributed by atoms with Crippen molar-refractivity contribution in [3.63, 3.8) is 0 Å². The smallest absolute Gasteiger partial charge is 0.228 e. The van der Waals surface area contributed by atoms with Gasteiger partial charge in [0, 0.05) is 6.07 Å². The van der Waals surface area contributed by atoms with E-state index in [1.54, 1.807) is 0 Å². The highest BCUT2D eigenvalue weighted by atomic mass is 19.4. The summed E-state index contributed by atoms with van der Waals surface area (Å²) in [5.74, 6) is -0.731. The first-order valence-electron chi connectivity index (χ1n) is 5.09. The van der Waals surface area contributed by atoms with Crippen molar-refractivity contribution in [1.82, 2.24) is 9.78 Å². The average Bonchev–Trinajstić information content (AvgIpc) is 2.74. The lowest BCUT2D eigenvalue weighted by Gasteiger charge is -2.09. The van der Waals surface area contributed by atoms with Crippen LogP contribution in [0, 0.1) is 5.82 Å². The summed E-state index contributed by atoms with van der Waals surface area (Å²) in [6.07, 6.45) is -10.0. The zero-order valence-corrected chi connectivity index (χ0v) is 9.43. The van der Waals surface area contributed by atoms with Crippen LogP contribution in [0.5, 0.6) is 0 Å². The van der Waals surface area contributed by atoms with Crippen LogP contribution >= 0.6 is 0 Å². The Balaban J connectivity index is 2.62. The fourth-order valence-corrected chi connectivity index (χ4v) is 1.50. The van der Waals surface area contributed by atoms with Gasteiger partial charge in [0.05, 0.1) is 5.69 Å². The van der Waals surface area contributed by atoms with Gasteiger partial charge in [-0.05, 0) is 24.3 Å². The zero-order valence-electron chi connectivity index (χ0n) is 9.43. The Bertz CT molecular complexity index is 607. The van der Waals surface area contributed by atoms with Crippen molar-refractivity contribution in [1.29, 1.82) is 0 Å². The summed E-state index contributed by atoms with van der Waals surface area (Å²) < 4.78 is 88.3. The van der Waals surface area contributed by atoms with E-state index >= 15 is 0 Å². The predicted molar refractivity (Wildman–Crippen MR) is 53.5 cm³/mol. The van der Waals surface area contributed by atoms with E-state index in [4.69, 9.17) is 0 Å². The number of rotatable bonds is 1. The van der Waals surface area contributed by atoms with E-state index in [2.05, 4.69) is 5.10 Å². The van der Waals surface area contributed by atoms with E-state index in [0.717, 1.165) is 24.3 Å². The third-order valence-corrected chi connectivity index (χ3v) is 2.36. The molecule has 0 spiro atoms. The Labute approximate surface area is 107 Å². The van der Waals surface area contributed by atoms with Gasteiger partial charge in [-0.25, -0.2) is 9.07 Å². The van der Waals surface area contributed by atoms with Gasteiger partial charge in [0.1, 0.15) is 11.5 Å². The van der Waals surface area contributed by atoms with Crippen molar-refractivity contribution in [2.24, 2.45) is 0 Å². The Morgan fingerprint density at radius 2 is 1.40 bits per heavy atom. The first kappa shape index (κ1) is 14.4. The minimum atomic E-state index is -5.02. The van der Waals surface area contributed by atoms with E-state index < -0.39 is 29.6 Å². The van der Waals surface area contributed by atoms with Crippen LogP contribution in [-0.4, -0.2) is 9.78 Å². The Morgan fingerprint density at radius 1 is 0.850 bits per heavy atom. The molecule has 0 radical (unpaired) electrons. The molecule has 2 nitrogen and oxygen atoms in total. The number of hydrogen-bond acceptors (Lipinski definition) is 1. The maximum absolute atomic E-state index is 12.7. The van der Waals surface area contributed by atoms with Crippen LogP contribution in [0.4, 0.5) is 30.7 Å². The van der Waals surface area contributed by atoms with Crippen molar-refractivity contribution < 1.29 is 30.7 Å². The van der Waals surface area contributed by atoms with Crippen LogP contribution in [0.25, 0.3) is 5.69 Å². The third-order valence-electron chi connectivity index (χ3n) is 2.36. The second kappa shape index (κ2) is 4.50. The topological polar surface area (TPSA) is 17.8 Å². The summed E-state index contributed by atoms with van der Waals surface area (Å²) in [6, 6.07) is 3.35. The van der Waals surface area contributed by atoms with Crippen molar-refractivity contribution >= 4 is 0 Å². The van der Waals surface area contributed by atoms with Gasteiger partial charge in [-0.3, -0.25) is 0 Å². The molecule has 0 aliphatic carbocycles.